The number of aryl methyl sites for hydroxylation is 1. The van der Waals surface area contributed by atoms with Gasteiger partial charge in [-0.2, -0.15) is 4.98 Å². The van der Waals surface area contributed by atoms with Crippen LogP contribution in [-0.2, 0) is 4.79 Å². The summed E-state index contributed by atoms with van der Waals surface area (Å²) in [6.07, 6.45) is 1.03. The molecule has 0 saturated carbocycles. The summed E-state index contributed by atoms with van der Waals surface area (Å²) in [5.41, 5.74) is 3.90. The van der Waals surface area contributed by atoms with Gasteiger partial charge in [-0.05, 0) is 44.0 Å². The Balaban J connectivity index is 1.77. The van der Waals surface area contributed by atoms with E-state index in [1.807, 2.05) is 62.4 Å². The van der Waals surface area contributed by atoms with Crippen molar-refractivity contribution >= 4 is 40.9 Å². The van der Waals surface area contributed by atoms with Crippen LogP contribution < -0.4 is 10.6 Å². The number of allylic oxidation sites excluding steroid dienone is 1. The van der Waals surface area contributed by atoms with Crippen LogP contribution in [0.15, 0.2) is 65.0 Å². The van der Waals surface area contributed by atoms with E-state index in [1.165, 1.54) is 0 Å². The highest BCUT2D eigenvalue weighted by atomic mass is 35.5. The minimum absolute atomic E-state index is 0.204. The number of rotatable bonds is 6. The molecule has 0 saturated heterocycles. The topological polar surface area (TPSA) is 71.8 Å². The zero-order chi connectivity index (χ0) is 22.0. The molecule has 0 aliphatic carbocycles. The van der Waals surface area contributed by atoms with Crippen LogP contribution in [0.1, 0.15) is 37.4 Å². The van der Waals surface area contributed by atoms with Crippen LogP contribution in [0.2, 0.25) is 5.02 Å². The molecule has 2 heterocycles. The molecule has 1 atom stereocenters. The Labute approximate surface area is 191 Å². The molecule has 0 bridgehead atoms. The maximum atomic E-state index is 13.5. The van der Waals surface area contributed by atoms with Gasteiger partial charge in [0.2, 0.25) is 11.1 Å². The van der Waals surface area contributed by atoms with Gasteiger partial charge in [-0.1, -0.05) is 60.6 Å². The number of aromatic nitrogens is 3. The van der Waals surface area contributed by atoms with Gasteiger partial charge in [-0.15, -0.1) is 5.10 Å². The number of hydrogen-bond acceptors (Lipinski definition) is 5. The summed E-state index contributed by atoms with van der Waals surface area (Å²) in [6, 6.07) is 14.8. The first-order valence-electron chi connectivity index (χ1n) is 10.2. The molecular formula is C23H24ClN5OS. The molecule has 1 aromatic heterocycles. The number of carbonyl (C=O) groups is 1. The Hall–Kier alpha value is -2.77. The normalized spacial score (nSPS) is 15.4. The van der Waals surface area contributed by atoms with E-state index >= 15 is 0 Å². The zero-order valence-electron chi connectivity index (χ0n) is 17.6. The highest BCUT2D eigenvalue weighted by molar-refractivity contribution is 7.99. The first-order chi connectivity index (χ1) is 15.0. The predicted molar refractivity (Wildman–Crippen MR) is 127 cm³/mol. The third kappa shape index (κ3) is 4.48. The van der Waals surface area contributed by atoms with Gasteiger partial charge in [0, 0.05) is 27.7 Å². The number of halogens is 1. The highest BCUT2D eigenvalue weighted by Gasteiger charge is 2.35. The van der Waals surface area contributed by atoms with Crippen molar-refractivity contribution in [2.24, 2.45) is 0 Å². The van der Waals surface area contributed by atoms with E-state index in [1.54, 1.807) is 16.4 Å². The lowest BCUT2D eigenvalue weighted by molar-refractivity contribution is -0.113. The number of anilines is 2. The molecule has 160 valence electrons. The lowest BCUT2D eigenvalue weighted by Crippen LogP contribution is -2.31. The third-order valence-electron chi connectivity index (χ3n) is 4.99. The molecule has 2 aromatic carbocycles. The molecule has 0 radical (unpaired) electrons. The number of amides is 1. The molecule has 0 fully saturated rings. The Morgan fingerprint density at radius 1 is 1.23 bits per heavy atom. The predicted octanol–water partition coefficient (Wildman–Crippen LogP) is 5.67. The summed E-state index contributed by atoms with van der Waals surface area (Å²) < 4.78 is 1.76. The summed E-state index contributed by atoms with van der Waals surface area (Å²) in [7, 11) is 0. The number of benzene rings is 2. The number of hydrogen-bond donors (Lipinski definition) is 2. The molecule has 1 unspecified atom stereocenters. The Kier molecular flexibility index (Phi) is 6.34. The smallest absolute Gasteiger partial charge is 0.255 e. The minimum Gasteiger partial charge on any atom is -0.328 e. The van der Waals surface area contributed by atoms with Crippen molar-refractivity contribution in [3.05, 3.63) is 76.0 Å². The third-order valence-corrected chi connectivity index (χ3v) is 6.38. The van der Waals surface area contributed by atoms with Crippen molar-refractivity contribution in [1.82, 2.24) is 14.8 Å². The average molecular weight is 454 g/mol. The van der Waals surface area contributed by atoms with Gasteiger partial charge in [0.1, 0.15) is 6.04 Å². The van der Waals surface area contributed by atoms with Crippen molar-refractivity contribution in [2.75, 3.05) is 16.4 Å². The molecule has 2 N–H and O–H groups in total. The largest absolute Gasteiger partial charge is 0.328 e. The summed E-state index contributed by atoms with van der Waals surface area (Å²) in [6.45, 7) is 5.99. The molecule has 1 aliphatic heterocycles. The van der Waals surface area contributed by atoms with Crippen LogP contribution in [0.4, 0.5) is 11.6 Å². The fraction of sp³-hybridized carbons (Fsp3) is 0.261. The quantitative estimate of drug-likeness (QED) is 0.470. The maximum absolute atomic E-state index is 13.5. The number of fused-ring (bicyclic) bond motifs is 1. The lowest BCUT2D eigenvalue weighted by Gasteiger charge is -2.29. The van der Waals surface area contributed by atoms with Crippen molar-refractivity contribution in [3.63, 3.8) is 0 Å². The Morgan fingerprint density at radius 3 is 2.77 bits per heavy atom. The molecule has 8 heteroatoms. The first-order valence-corrected chi connectivity index (χ1v) is 11.5. The van der Waals surface area contributed by atoms with Crippen LogP contribution in [-0.4, -0.2) is 26.4 Å². The van der Waals surface area contributed by atoms with Crippen molar-refractivity contribution < 1.29 is 4.79 Å². The second kappa shape index (κ2) is 9.16. The van der Waals surface area contributed by atoms with E-state index in [4.69, 9.17) is 16.7 Å². The summed E-state index contributed by atoms with van der Waals surface area (Å²) in [4.78, 5) is 18.1. The molecule has 3 aromatic rings. The number of thioether (sulfide) groups is 1. The number of nitrogens with zero attached hydrogens (tertiary/aromatic N) is 3. The highest BCUT2D eigenvalue weighted by Crippen LogP contribution is 2.39. The Bertz CT molecular complexity index is 1160. The van der Waals surface area contributed by atoms with E-state index in [-0.39, 0.29) is 5.91 Å². The van der Waals surface area contributed by atoms with Gasteiger partial charge >= 0.3 is 0 Å². The van der Waals surface area contributed by atoms with Gasteiger partial charge in [0.25, 0.3) is 5.91 Å². The molecule has 1 amide bonds. The number of carbonyl (C=O) groups excluding carboxylic acids is 1. The van der Waals surface area contributed by atoms with Gasteiger partial charge in [0.15, 0.2) is 0 Å². The van der Waals surface area contributed by atoms with E-state index in [0.29, 0.717) is 21.7 Å². The Morgan fingerprint density at radius 2 is 2.03 bits per heavy atom. The summed E-state index contributed by atoms with van der Waals surface area (Å²) in [5.74, 6) is 1.32. The maximum Gasteiger partial charge on any atom is 0.255 e. The fourth-order valence-corrected chi connectivity index (χ4v) is 4.51. The van der Waals surface area contributed by atoms with Gasteiger partial charge in [0.05, 0.1) is 5.57 Å². The van der Waals surface area contributed by atoms with Crippen LogP contribution >= 0.6 is 23.4 Å². The molecule has 4 rings (SSSR count). The SMILES string of the molecule is CCCSc1nc2n(n1)C(c1ccccc1Cl)C(C(=O)Nc1cccc(C)c1)=C(C)N2. The van der Waals surface area contributed by atoms with Gasteiger partial charge < -0.3 is 10.6 Å². The van der Waals surface area contributed by atoms with Crippen molar-refractivity contribution in [1.29, 1.82) is 0 Å². The molecule has 6 nitrogen and oxygen atoms in total. The van der Waals surface area contributed by atoms with Crippen LogP contribution in [0, 0.1) is 6.92 Å². The van der Waals surface area contributed by atoms with Crippen LogP contribution in [0.25, 0.3) is 0 Å². The van der Waals surface area contributed by atoms with Crippen LogP contribution in [0.3, 0.4) is 0 Å². The molecule has 31 heavy (non-hydrogen) atoms. The van der Waals surface area contributed by atoms with Gasteiger partial charge in [-0.25, -0.2) is 4.68 Å². The summed E-state index contributed by atoms with van der Waals surface area (Å²) >= 11 is 8.17. The van der Waals surface area contributed by atoms with Crippen LogP contribution in [0.5, 0.6) is 0 Å². The number of nitrogens with one attached hydrogen (secondary N) is 2. The molecule has 1 aliphatic rings. The van der Waals surface area contributed by atoms with E-state index in [9.17, 15) is 4.79 Å². The monoisotopic (exact) mass is 453 g/mol. The minimum atomic E-state index is -0.488. The lowest BCUT2D eigenvalue weighted by atomic mass is 9.95. The van der Waals surface area contributed by atoms with Gasteiger partial charge in [-0.3, -0.25) is 4.79 Å². The fourth-order valence-electron chi connectivity index (χ4n) is 3.59. The molecular weight excluding hydrogens is 430 g/mol. The standard InChI is InChI=1S/C23H24ClN5OS/c1-4-12-31-23-27-22-25-15(3)19(21(30)26-16-9-7-8-14(2)13-16)20(29(22)28-23)17-10-5-6-11-18(17)24/h5-11,13,20H,4,12H2,1-3H3,(H,26,30)(H,25,27,28). The van der Waals surface area contributed by atoms with Crippen molar-refractivity contribution in [2.45, 2.75) is 38.4 Å². The summed E-state index contributed by atoms with van der Waals surface area (Å²) in [5, 5.41) is 12.2. The van der Waals surface area contributed by atoms with E-state index in [0.717, 1.165) is 34.7 Å². The zero-order valence-corrected chi connectivity index (χ0v) is 19.2. The second-order valence-electron chi connectivity index (χ2n) is 7.42. The second-order valence-corrected chi connectivity index (χ2v) is 8.89. The van der Waals surface area contributed by atoms with E-state index in [2.05, 4.69) is 22.5 Å². The van der Waals surface area contributed by atoms with E-state index < -0.39 is 6.04 Å². The van der Waals surface area contributed by atoms with Crippen molar-refractivity contribution in [3.8, 4) is 0 Å². The average Bonchev–Trinajstić information content (AvgIpc) is 3.14. The molecule has 0 spiro atoms. The first kappa shape index (κ1) is 21.5.